The molecule has 0 bridgehead atoms. The van der Waals surface area contributed by atoms with Gasteiger partial charge in [-0.05, 0) is 81.9 Å². The van der Waals surface area contributed by atoms with Crippen LogP contribution in [0.5, 0.6) is 0 Å². The molecule has 0 aliphatic heterocycles. The van der Waals surface area contributed by atoms with Crippen LogP contribution in [0.4, 0.5) is 0 Å². The van der Waals surface area contributed by atoms with E-state index in [2.05, 4.69) is 215 Å². The molecule has 0 N–H and O–H groups in total. The number of nitrogens with zero attached hydrogens (tertiary/aromatic N) is 4. The summed E-state index contributed by atoms with van der Waals surface area (Å²) in [6, 6.07) is 74.3. The van der Waals surface area contributed by atoms with Crippen molar-refractivity contribution in [1.82, 2.24) is 19.1 Å². The fourth-order valence-electron chi connectivity index (χ4n) is 9.54. The van der Waals surface area contributed by atoms with Crippen LogP contribution in [0.25, 0.3) is 120 Å². The van der Waals surface area contributed by atoms with Crippen LogP contribution in [0.1, 0.15) is 0 Å². The molecule has 5 heteroatoms. The average Bonchev–Trinajstić information content (AvgIpc) is 4.01. The van der Waals surface area contributed by atoms with E-state index in [1.165, 1.54) is 58.7 Å². The van der Waals surface area contributed by atoms with Crippen LogP contribution >= 0.6 is 11.3 Å². The molecule has 0 radical (unpaired) electrons. The lowest BCUT2D eigenvalue weighted by Crippen LogP contribution is -2.03. The highest BCUT2D eigenvalue weighted by molar-refractivity contribution is 7.23. The van der Waals surface area contributed by atoms with Gasteiger partial charge >= 0.3 is 0 Å². The number of hydrogen-bond donors (Lipinski definition) is 0. The summed E-state index contributed by atoms with van der Waals surface area (Å²) in [6.07, 6.45) is 0. The molecule has 0 aliphatic carbocycles. The van der Waals surface area contributed by atoms with Gasteiger partial charge in [-0.15, -0.1) is 11.3 Å². The van der Waals surface area contributed by atoms with Gasteiger partial charge in [0.05, 0.1) is 33.3 Å². The summed E-state index contributed by atoms with van der Waals surface area (Å²) < 4.78 is 5.90. The van der Waals surface area contributed by atoms with E-state index in [1.54, 1.807) is 0 Å². The van der Waals surface area contributed by atoms with Crippen LogP contribution in [-0.2, 0) is 0 Å². The van der Waals surface area contributed by atoms with Crippen molar-refractivity contribution in [2.24, 2.45) is 0 Å². The standard InChI is InChI=1S/C56H34N4S/c1-4-15-35(16-5-1)51-34-40-27-29-47-52(55(40)61-51)53(36-17-6-2-7-18-36)58-56(57-47)60-49-30-28-39(32-45(49)46-31-37-19-10-11-20-38(37)33-50(46)60)42-24-14-25-44-43-23-12-13-26-48(43)59(54(42)44)41-21-8-3-9-22-41/h1-34H. The molecule has 9 aromatic carbocycles. The van der Waals surface area contributed by atoms with E-state index >= 15 is 0 Å². The minimum Gasteiger partial charge on any atom is -0.309 e. The Bertz CT molecular complexity index is 3860. The molecule has 0 saturated heterocycles. The lowest BCUT2D eigenvalue weighted by Gasteiger charge is -2.13. The number of rotatable bonds is 5. The third kappa shape index (κ3) is 5.24. The Kier molecular flexibility index (Phi) is 7.44. The summed E-state index contributed by atoms with van der Waals surface area (Å²) in [5.41, 5.74) is 12.1. The van der Waals surface area contributed by atoms with Crippen LogP contribution in [-0.4, -0.2) is 19.1 Å². The first-order valence-electron chi connectivity index (χ1n) is 20.7. The highest BCUT2D eigenvalue weighted by Gasteiger charge is 2.22. The SMILES string of the molecule is c1ccc(-c2cc3ccc4nc(-n5c6ccc(-c7cccc8c9ccccc9n(-c9ccccc9)c78)cc6c6cc7ccccc7cc65)nc(-c5ccccc5)c4c3s2)cc1. The van der Waals surface area contributed by atoms with Gasteiger partial charge in [0.25, 0.3) is 0 Å². The molecule has 4 aromatic heterocycles. The molecule has 0 spiro atoms. The lowest BCUT2D eigenvalue weighted by atomic mass is 9.99. The Balaban J connectivity index is 1.09. The lowest BCUT2D eigenvalue weighted by molar-refractivity contribution is 1.02. The van der Waals surface area contributed by atoms with Crippen LogP contribution < -0.4 is 0 Å². The van der Waals surface area contributed by atoms with Gasteiger partial charge in [0.2, 0.25) is 5.95 Å². The predicted octanol–water partition coefficient (Wildman–Crippen LogP) is 15.2. The van der Waals surface area contributed by atoms with Crippen LogP contribution in [0.3, 0.4) is 0 Å². The van der Waals surface area contributed by atoms with E-state index in [9.17, 15) is 0 Å². The summed E-state index contributed by atoms with van der Waals surface area (Å²) in [5.74, 6) is 0.653. The number of benzene rings is 9. The summed E-state index contributed by atoms with van der Waals surface area (Å²) in [7, 11) is 0. The molecule has 284 valence electrons. The maximum Gasteiger partial charge on any atom is 0.235 e. The van der Waals surface area contributed by atoms with Crippen LogP contribution in [0.2, 0.25) is 0 Å². The smallest absolute Gasteiger partial charge is 0.235 e. The van der Waals surface area contributed by atoms with E-state index in [-0.39, 0.29) is 0 Å². The fourth-order valence-corrected chi connectivity index (χ4v) is 10.7. The molecular weight excluding hydrogens is 761 g/mol. The first-order valence-corrected chi connectivity index (χ1v) is 21.5. The first-order chi connectivity index (χ1) is 30.2. The Morgan fingerprint density at radius 3 is 1.89 bits per heavy atom. The molecule has 0 fully saturated rings. The number of fused-ring (bicyclic) bond motifs is 10. The van der Waals surface area contributed by atoms with Gasteiger partial charge < -0.3 is 4.57 Å². The van der Waals surface area contributed by atoms with E-state index in [0.29, 0.717) is 5.95 Å². The second-order valence-electron chi connectivity index (χ2n) is 15.8. The van der Waals surface area contributed by atoms with Gasteiger partial charge in [0, 0.05) is 53.3 Å². The van der Waals surface area contributed by atoms with Crippen molar-refractivity contribution >= 4 is 86.7 Å². The average molecular weight is 795 g/mol. The van der Waals surface area contributed by atoms with Crippen LogP contribution in [0, 0.1) is 0 Å². The van der Waals surface area contributed by atoms with Gasteiger partial charge in [-0.25, -0.2) is 9.97 Å². The number of para-hydroxylation sites is 3. The highest BCUT2D eigenvalue weighted by atomic mass is 32.1. The minimum atomic E-state index is 0.653. The van der Waals surface area contributed by atoms with Crippen molar-refractivity contribution in [1.29, 1.82) is 0 Å². The summed E-state index contributed by atoms with van der Waals surface area (Å²) in [6.45, 7) is 0. The number of thiophene rings is 1. The van der Waals surface area contributed by atoms with E-state index < -0.39 is 0 Å². The summed E-state index contributed by atoms with van der Waals surface area (Å²) in [4.78, 5) is 12.3. The second-order valence-corrected chi connectivity index (χ2v) is 16.8. The first kappa shape index (κ1) is 34.0. The fraction of sp³-hybridized carbons (Fsp3) is 0. The van der Waals surface area contributed by atoms with Crippen molar-refractivity contribution < 1.29 is 0 Å². The Labute approximate surface area is 354 Å². The third-order valence-electron chi connectivity index (χ3n) is 12.3. The molecule has 4 nitrogen and oxygen atoms in total. The quantitative estimate of drug-likeness (QED) is 0.174. The summed E-state index contributed by atoms with van der Waals surface area (Å²) >= 11 is 1.81. The Morgan fingerprint density at radius 1 is 0.393 bits per heavy atom. The maximum absolute atomic E-state index is 5.57. The number of aromatic nitrogens is 4. The van der Waals surface area contributed by atoms with Gasteiger partial charge in [-0.1, -0.05) is 152 Å². The third-order valence-corrected chi connectivity index (χ3v) is 13.5. The predicted molar refractivity (Wildman–Crippen MR) is 257 cm³/mol. The largest absolute Gasteiger partial charge is 0.309 e. The molecule has 0 amide bonds. The van der Waals surface area contributed by atoms with Gasteiger partial charge in [-0.3, -0.25) is 4.57 Å². The topological polar surface area (TPSA) is 35.6 Å². The van der Waals surface area contributed by atoms with Gasteiger partial charge in [0.1, 0.15) is 0 Å². The van der Waals surface area contributed by atoms with Crippen molar-refractivity contribution in [3.63, 3.8) is 0 Å². The molecular formula is C56H34N4S. The molecule has 0 atom stereocenters. The second kappa shape index (κ2) is 13.3. The molecule has 13 rings (SSSR count). The van der Waals surface area contributed by atoms with E-state index in [0.717, 1.165) is 55.2 Å². The monoisotopic (exact) mass is 794 g/mol. The Hall–Kier alpha value is -7.86. The maximum atomic E-state index is 5.57. The van der Waals surface area contributed by atoms with Gasteiger partial charge in [0.15, 0.2) is 0 Å². The van der Waals surface area contributed by atoms with Crippen molar-refractivity contribution in [2.45, 2.75) is 0 Å². The van der Waals surface area contributed by atoms with E-state index in [1.807, 2.05) is 11.3 Å². The zero-order valence-corrected chi connectivity index (χ0v) is 33.6. The van der Waals surface area contributed by atoms with Crippen LogP contribution in [0.15, 0.2) is 206 Å². The van der Waals surface area contributed by atoms with Crippen molar-refractivity contribution in [3.8, 4) is 44.5 Å². The van der Waals surface area contributed by atoms with E-state index in [4.69, 9.17) is 9.97 Å². The number of hydrogen-bond acceptors (Lipinski definition) is 3. The highest BCUT2D eigenvalue weighted by Crippen LogP contribution is 2.44. The van der Waals surface area contributed by atoms with Crippen molar-refractivity contribution in [2.75, 3.05) is 0 Å². The Morgan fingerprint density at radius 2 is 1.07 bits per heavy atom. The molecule has 0 unspecified atom stereocenters. The molecule has 0 aliphatic rings. The minimum absolute atomic E-state index is 0.653. The van der Waals surface area contributed by atoms with Gasteiger partial charge in [-0.2, -0.15) is 0 Å². The van der Waals surface area contributed by atoms with Crippen molar-refractivity contribution in [3.05, 3.63) is 206 Å². The molecule has 61 heavy (non-hydrogen) atoms. The molecule has 0 saturated carbocycles. The zero-order valence-electron chi connectivity index (χ0n) is 32.8. The molecule has 4 heterocycles. The zero-order chi connectivity index (χ0) is 40.0. The molecule has 13 aromatic rings. The normalized spacial score (nSPS) is 11.9. The summed E-state index contributed by atoms with van der Waals surface area (Å²) in [5, 5.41) is 9.45.